The number of nitrogens with one attached hydrogen (secondary N) is 2. The Morgan fingerprint density at radius 3 is 2.26 bits per heavy atom. The molecule has 0 heterocycles. The van der Waals surface area contributed by atoms with Crippen molar-refractivity contribution < 1.29 is 29.0 Å². The second-order valence-electron chi connectivity index (χ2n) is 9.24. The third-order valence-corrected chi connectivity index (χ3v) is 6.97. The smallest absolute Gasteiger partial charge is 0.407 e. The number of amides is 2. The molecule has 3 atom stereocenters. The van der Waals surface area contributed by atoms with E-state index in [0.717, 1.165) is 36.8 Å². The van der Waals surface area contributed by atoms with Crippen molar-refractivity contribution >= 4 is 18.0 Å². The number of carbonyl (C=O) groups excluding carboxylic acids is 2. The largest absolute Gasteiger partial charge is 0.480 e. The summed E-state index contributed by atoms with van der Waals surface area (Å²) in [6.07, 6.45) is 3.09. The maximum Gasteiger partial charge on any atom is 0.407 e. The number of alkyl carbamates (subject to hydrolysis) is 1. The van der Waals surface area contributed by atoms with Crippen LogP contribution in [-0.2, 0) is 19.1 Å². The quantitative estimate of drug-likeness (QED) is 0.504. The summed E-state index contributed by atoms with van der Waals surface area (Å²) >= 11 is 0. The second kappa shape index (κ2) is 11.4. The number of ether oxygens (including phenoxy) is 2. The number of rotatable bonds is 9. The molecule has 0 aromatic heterocycles. The van der Waals surface area contributed by atoms with Crippen molar-refractivity contribution in [2.45, 2.75) is 50.1 Å². The number of hydrogen-bond donors (Lipinski definition) is 3. The van der Waals surface area contributed by atoms with Gasteiger partial charge in [0.25, 0.3) is 0 Å². The topological polar surface area (TPSA) is 114 Å². The molecule has 1 saturated carbocycles. The van der Waals surface area contributed by atoms with Gasteiger partial charge in [-0.1, -0.05) is 61.4 Å². The van der Waals surface area contributed by atoms with Crippen molar-refractivity contribution in [3.8, 4) is 11.1 Å². The van der Waals surface area contributed by atoms with E-state index in [-0.39, 0.29) is 43.4 Å². The summed E-state index contributed by atoms with van der Waals surface area (Å²) in [5.41, 5.74) is 4.64. The molecule has 3 N–H and O–H groups in total. The number of benzene rings is 2. The summed E-state index contributed by atoms with van der Waals surface area (Å²) < 4.78 is 10.6. The number of methoxy groups -OCH3 is 1. The van der Waals surface area contributed by atoms with Crippen LogP contribution < -0.4 is 10.6 Å². The van der Waals surface area contributed by atoms with Gasteiger partial charge in [0.15, 0.2) is 6.04 Å². The van der Waals surface area contributed by atoms with Crippen LogP contribution in [-0.4, -0.2) is 55.5 Å². The Bertz CT molecular complexity index is 1030. The predicted octanol–water partition coefficient (Wildman–Crippen LogP) is 3.69. The Hall–Kier alpha value is -3.39. The third-order valence-electron chi connectivity index (χ3n) is 6.97. The van der Waals surface area contributed by atoms with Crippen LogP contribution in [0.5, 0.6) is 0 Å². The molecule has 8 nitrogen and oxygen atoms in total. The predicted molar refractivity (Wildman–Crippen MR) is 130 cm³/mol. The molecule has 0 spiro atoms. The Labute approximate surface area is 205 Å². The number of aliphatic carboxylic acids is 1. The average molecular weight is 481 g/mol. The van der Waals surface area contributed by atoms with Crippen molar-refractivity contribution in [3.05, 3.63) is 59.7 Å². The molecule has 2 aliphatic rings. The lowest BCUT2D eigenvalue weighted by molar-refractivity contribution is -0.143. The lowest BCUT2D eigenvalue weighted by atomic mass is 9.82. The molecule has 2 aromatic rings. The van der Waals surface area contributed by atoms with Gasteiger partial charge in [-0.3, -0.25) is 4.79 Å². The summed E-state index contributed by atoms with van der Waals surface area (Å²) in [6.45, 7) is 0.127. The number of carboxylic acid groups (broad SMARTS) is 1. The molecule has 0 saturated heterocycles. The van der Waals surface area contributed by atoms with Crippen LogP contribution in [0.2, 0.25) is 0 Å². The van der Waals surface area contributed by atoms with Gasteiger partial charge in [0.1, 0.15) is 6.61 Å². The first-order valence-electron chi connectivity index (χ1n) is 12.1. The first kappa shape index (κ1) is 24.7. The van der Waals surface area contributed by atoms with Crippen LogP contribution in [0.25, 0.3) is 11.1 Å². The van der Waals surface area contributed by atoms with E-state index < -0.39 is 18.1 Å². The fraction of sp³-hybridized carbons (Fsp3) is 0.444. The van der Waals surface area contributed by atoms with E-state index in [2.05, 4.69) is 34.9 Å². The van der Waals surface area contributed by atoms with Crippen LogP contribution in [0.1, 0.15) is 49.1 Å². The standard InChI is InChI=1S/C27H32N2O6/c1-34-16-24(26(31)32)28-25(30)14-17-8-2-7-13-23(17)29-27(33)35-15-22-20-11-5-3-9-18(20)19-10-4-6-12-21(19)22/h3-6,9-12,17,22-24H,2,7-8,13-16H2,1H3,(H,28,30)(H,29,33)(H,31,32). The first-order chi connectivity index (χ1) is 17.0. The summed E-state index contributed by atoms with van der Waals surface area (Å²) in [6, 6.07) is 15.1. The molecular formula is C27H32N2O6. The number of fused-ring (bicyclic) bond motifs is 3. The lowest BCUT2D eigenvalue weighted by Gasteiger charge is -2.32. The van der Waals surface area contributed by atoms with E-state index in [9.17, 15) is 19.5 Å². The lowest BCUT2D eigenvalue weighted by Crippen LogP contribution is -2.47. The highest BCUT2D eigenvalue weighted by molar-refractivity contribution is 5.84. The normalized spacial score (nSPS) is 19.8. The molecule has 8 heteroatoms. The summed E-state index contributed by atoms with van der Waals surface area (Å²) in [5, 5.41) is 14.7. The van der Waals surface area contributed by atoms with Crippen LogP contribution in [0, 0.1) is 5.92 Å². The molecule has 4 rings (SSSR count). The van der Waals surface area contributed by atoms with Gasteiger partial charge in [-0.25, -0.2) is 9.59 Å². The molecule has 1 fully saturated rings. The Kier molecular flexibility index (Phi) is 8.02. The zero-order valence-corrected chi connectivity index (χ0v) is 19.9. The average Bonchev–Trinajstić information content (AvgIpc) is 3.17. The SMILES string of the molecule is COCC(NC(=O)CC1CCCCC1NC(=O)OCC1c2ccccc2-c2ccccc21)C(=O)O. The Morgan fingerprint density at radius 1 is 1.00 bits per heavy atom. The molecule has 35 heavy (non-hydrogen) atoms. The van der Waals surface area contributed by atoms with Crippen molar-refractivity contribution in [3.63, 3.8) is 0 Å². The van der Waals surface area contributed by atoms with Gasteiger partial charge in [0, 0.05) is 25.5 Å². The van der Waals surface area contributed by atoms with E-state index >= 15 is 0 Å². The van der Waals surface area contributed by atoms with Gasteiger partial charge < -0.3 is 25.2 Å². The van der Waals surface area contributed by atoms with Gasteiger partial charge in [0.05, 0.1) is 6.61 Å². The maximum absolute atomic E-state index is 12.7. The second-order valence-corrected chi connectivity index (χ2v) is 9.24. The number of carboxylic acids is 1. The molecule has 2 aromatic carbocycles. The van der Waals surface area contributed by atoms with Gasteiger partial charge in [-0.15, -0.1) is 0 Å². The molecule has 0 bridgehead atoms. The first-order valence-corrected chi connectivity index (χ1v) is 12.1. The molecule has 3 unspecified atom stereocenters. The highest BCUT2D eigenvalue weighted by atomic mass is 16.5. The monoisotopic (exact) mass is 480 g/mol. The van der Waals surface area contributed by atoms with E-state index in [4.69, 9.17) is 9.47 Å². The van der Waals surface area contributed by atoms with Gasteiger partial charge >= 0.3 is 12.1 Å². The fourth-order valence-corrected chi connectivity index (χ4v) is 5.27. The van der Waals surface area contributed by atoms with Crippen LogP contribution in [0.4, 0.5) is 4.79 Å². The maximum atomic E-state index is 12.7. The van der Waals surface area contributed by atoms with E-state index in [1.165, 1.54) is 18.2 Å². The van der Waals surface area contributed by atoms with E-state index in [1.807, 2.05) is 24.3 Å². The number of hydrogen-bond acceptors (Lipinski definition) is 5. The minimum absolute atomic E-state index is 0.0187. The van der Waals surface area contributed by atoms with Crippen molar-refractivity contribution in [2.24, 2.45) is 5.92 Å². The summed E-state index contributed by atoms with van der Waals surface area (Å²) in [4.78, 5) is 36.5. The van der Waals surface area contributed by atoms with Crippen molar-refractivity contribution in [2.75, 3.05) is 20.3 Å². The van der Waals surface area contributed by atoms with Crippen molar-refractivity contribution in [1.29, 1.82) is 0 Å². The fourth-order valence-electron chi connectivity index (χ4n) is 5.27. The zero-order valence-electron chi connectivity index (χ0n) is 19.9. The van der Waals surface area contributed by atoms with Gasteiger partial charge in [-0.05, 0) is 41.0 Å². The summed E-state index contributed by atoms with van der Waals surface area (Å²) in [5.74, 6) is -1.60. The van der Waals surface area contributed by atoms with Crippen LogP contribution >= 0.6 is 0 Å². The van der Waals surface area contributed by atoms with Crippen LogP contribution in [0.15, 0.2) is 48.5 Å². The minimum atomic E-state index is -1.14. The molecule has 186 valence electrons. The Morgan fingerprint density at radius 2 is 1.63 bits per heavy atom. The zero-order chi connectivity index (χ0) is 24.8. The molecule has 0 aliphatic heterocycles. The molecule has 2 amide bonds. The highest BCUT2D eigenvalue weighted by Gasteiger charge is 2.32. The van der Waals surface area contributed by atoms with Crippen molar-refractivity contribution in [1.82, 2.24) is 10.6 Å². The van der Waals surface area contributed by atoms with Gasteiger partial charge in [0.2, 0.25) is 5.91 Å². The number of carbonyl (C=O) groups is 3. The molecule has 2 aliphatic carbocycles. The van der Waals surface area contributed by atoms with E-state index in [0.29, 0.717) is 0 Å². The minimum Gasteiger partial charge on any atom is -0.480 e. The van der Waals surface area contributed by atoms with Gasteiger partial charge in [-0.2, -0.15) is 0 Å². The molecular weight excluding hydrogens is 448 g/mol. The summed E-state index contributed by atoms with van der Waals surface area (Å²) in [7, 11) is 1.39. The highest BCUT2D eigenvalue weighted by Crippen LogP contribution is 2.44. The third kappa shape index (κ3) is 5.82. The van der Waals surface area contributed by atoms with E-state index in [1.54, 1.807) is 0 Å². The van der Waals surface area contributed by atoms with Crippen LogP contribution in [0.3, 0.4) is 0 Å². The Balaban J connectivity index is 1.34. The molecule has 0 radical (unpaired) electrons.